The summed E-state index contributed by atoms with van der Waals surface area (Å²) in [5.74, 6) is 0. The highest BCUT2D eigenvalue weighted by Gasteiger charge is 1.96. The van der Waals surface area contributed by atoms with Crippen molar-refractivity contribution in [2.75, 3.05) is 5.73 Å². The Hall–Kier alpha value is -1.02. The third-order valence-corrected chi connectivity index (χ3v) is 1.82. The number of nitrogens with two attached hydrogens (primary N) is 2. The molecule has 1 aromatic rings. The molecule has 0 fully saturated rings. The number of rotatable bonds is 2. The molecule has 0 saturated heterocycles. The maximum Gasteiger partial charge on any atom is 0.0346 e. The summed E-state index contributed by atoms with van der Waals surface area (Å²) in [6, 6.07) is 5.95. The van der Waals surface area contributed by atoms with Crippen LogP contribution in [0.5, 0.6) is 0 Å². The Morgan fingerprint density at radius 3 is 2.64 bits per heavy atom. The summed E-state index contributed by atoms with van der Waals surface area (Å²) in [4.78, 5) is 0. The third-order valence-electron chi connectivity index (χ3n) is 1.82. The number of hydrogen-bond donors (Lipinski definition) is 2. The Balaban J connectivity index is 3.02. The molecule has 0 spiro atoms. The molecule has 2 nitrogen and oxygen atoms in total. The van der Waals surface area contributed by atoms with E-state index in [4.69, 9.17) is 11.5 Å². The molecule has 0 saturated carbocycles. The Labute approximate surface area is 67.2 Å². The van der Waals surface area contributed by atoms with Crippen molar-refractivity contribution in [3.8, 4) is 0 Å². The first-order valence-electron chi connectivity index (χ1n) is 3.85. The van der Waals surface area contributed by atoms with Gasteiger partial charge in [0, 0.05) is 12.2 Å². The van der Waals surface area contributed by atoms with Crippen LogP contribution in [0.3, 0.4) is 0 Å². The van der Waals surface area contributed by atoms with Gasteiger partial charge in [-0.3, -0.25) is 0 Å². The second-order valence-corrected chi connectivity index (χ2v) is 2.59. The Kier molecular flexibility index (Phi) is 2.49. The molecule has 0 aliphatic rings. The predicted octanol–water partition coefficient (Wildman–Crippen LogP) is 1.29. The van der Waals surface area contributed by atoms with E-state index in [2.05, 4.69) is 13.0 Å². The van der Waals surface area contributed by atoms with E-state index in [9.17, 15) is 0 Å². The van der Waals surface area contributed by atoms with Crippen LogP contribution in [0, 0.1) is 0 Å². The van der Waals surface area contributed by atoms with Crippen molar-refractivity contribution in [2.24, 2.45) is 5.73 Å². The summed E-state index contributed by atoms with van der Waals surface area (Å²) in [5.41, 5.74) is 14.4. The molecule has 11 heavy (non-hydrogen) atoms. The highest BCUT2D eigenvalue weighted by atomic mass is 14.6. The number of benzene rings is 1. The quantitative estimate of drug-likeness (QED) is 0.624. The maximum atomic E-state index is 5.71. The van der Waals surface area contributed by atoms with Gasteiger partial charge in [-0.2, -0.15) is 0 Å². The molecule has 4 N–H and O–H groups in total. The van der Waals surface area contributed by atoms with Gasteiger partial charge >= 0.3 is 0 Å². The van der Waals surface area contributed by atoms with Gasteiger partial charge in [0.15, 0.2) is 0 Å². The van der Waals surface area contributed by atoms with Crippen molar-refractivity contribution < 1.29 is 0 Å². The van der Waals surface area contributed by atoms with Crippen molar-refractivity contribution in [1.29, 1.82) is 0 Å². The zero-order valence-electron chi connectivity index (χ0n) is 6.80. The normalized spacial score (nSPS) is 10.0. The first kappa shape index (κ1) is 8.08. The van der Waals surface area contributed by atoms with E-state index in [0.717, 1.165) is 17.7 Å². The van der Waals surface area contributed by atoms with Crippen LogP contribution < -0.4 is 11.5 Å². The fraction of sp³-hybridized carbons (Fsp3) is 0.333. The van der Waals surface area contributed by atoms with Crippen LogP contribution in [-0.2, 0) is 13.0 Å². The topological polar surface area (TPSA) is 52.0 Å². The average Bonchev–Trinajstić information content (AvgIpc) is 2.05. The zero-order valence-corrected chi connectivity index (χ0v) is 6.80. The molecule has 60 valence electrons. The van der Waals surface area contributed by atoms with Gasteiger partial charge in [-0.05, 0) is 23.6 Å². The molecule has 0 aliphatic heterocycles. The van der Waals surface area contributed by atoms with Crippen LogP contribution in [0.15, 0.2) is 18.2 Å². The van der Waals surface area contributed by atoms with Gasteiger partial charge in [-0.1, -0.05) is 19.1 Å². The summed E-state index contributed by atoms with van der Waals surface area (Å²) in [6.07, 6.45) is 0.972. The molecule has 0 aromatic heterocycles. The zero-order chi connectivity index (χ0) is 8.27. The Morgan fingerprint density at radius 1 is 1.36 bits per heavy atom. The Morgan fingerprint density at radius 2 is 2.09 bits per heavy atom. The molecule has 1 aromatic carbocycles. The van der Waals surface area contributed by atoms with E-state index in [1.54, 1.807) is 0 Å². The SMILES string of the molecule is CCc1cc(CN)ccc1N. The lowest BCUT2D eigenvalue weighted by molar-refractivity contribution is 1.05. The molecule has 0 aliphatic carbocycles. The average molecular weight is 150 g/mol. The van der Waals surface area contributed by atoms with Crippen LogP contribution >= 0.6 is 0 Å². The maximum absolute atomic E-state index is 5.71. The van der Waals surface area contributed by atoms with Crippen LogP contribution in [-0.4, -0.2) is 0 Å². The summed E-state index contributed by atoms with van der Waals surface area (Å²) in [5, 5.41) is 0. The van der Waals surface area contributed by atoms with Gasteiger partial charge in [-0.15, -0.1) is 0 Å². The smallest absolute Gasteiger partial charge is 0.0346 e. The van der Waals surface area contributed by atoms with Crippen molar-refractivity contribution >= 4 is 5.69 Å². The van der Waals surface area contributed by atoms with Gasteiger partial charge < -0.3 is 11.5 Å². The molecule has 0 bridgehead atoms. The summed E-state index contributed by atoms with van der Waals surface area (Å²) >= 11 is 0. The van der Waals surface area contributed by atoms with E-state index in [-0.39, 0.29) is 0 Å². The number of aryl methyl sites for hydroxylation is 1. The first-order chi connectivity index (χ1) is 5.27. The molecule has 0 atom stereocenters. The minimum atomic E-state index is 0.591. The van der Waals surface area contributed by atoms with Crippen molar-refractivity contribution in [2.45, 2.75) is 19.9 Å². The lowest BCUT2D eigenvalue weighted by atomic mass is 10.1. The highest BCUT2D eigenvalue weighted by molar-refractivity contribution is 5.48. The van der Waals surface area contributed by atoms with Crippen LogP contribution in [0.1, 0.15) is 18.1 Å². The summed E-state index contributed by atoms with van der Waals surface area (Å²) in [6.45, 7) is 2.68. The summed E-state index contributed by atoms with van der Waals surface area (Å²) in [7, 11) is 0. The van der Waals surface area contributed by atoms with Crippen LogP contribution in [0.4, 0.5) is 5.69 Å². The largest absolute Gasteiger partial charge is 0.399 e. The van der Waals surface area contributed by atoms with Crippen molar-refractivity contribution in [3.05, 3.63) is 29.3 Å². The van der Waals surface area contributed by atoms with Crippen molar-refractivity contribution in [1.82, 2.24) is 0 Å². The lowest BCUT2D eigenvalue weighted by Gasteiger charge is -2.04. The van der Waals surface area contributed by atoms with Crippen LogP contribution in [0.2, 0.25) is 0 Å². The van der Waals surface area contributed by atoms with Crippen LogP contribution in [0.25, 0.3) is 0 Å². The molecule has 0 radical (unpaired) electrons. The van der Waals surface area contributed by atoms with Gasteiger partial charge in [0.25, 0.3) is 0 Å². The van der Waals surface area contributed by atoms with Gasteiger partial charge in [-0.25, -0.2) is 0 Å². The van der Waals surface area contributed by atoms with Gasteiger partial charge in [0.05, 0.1) is 0 Å². The highest BCUT2D eigenvalue weighted by Crippen LogP contribution is 2.13. The van der Waals surface area contributed by atoms with E-state index >= 15 is 0 Å². The van der Waals surface area contributed by atoms with E-state index in [1.165, 1.54) is 5.56 Å². The minimum absolute atomic E-state index is 0.591. The standard InChI is InChI=1S/C9H14N2/c1-2-8-5-7(6-10)3-4-9(8)11/h3-5H,2,6,10-11H2,1H3. The molecular weight excluding hydrogens is 136 g/mol. The number of hydrogen-bond acceptors (Lipinski definition) is 2. The third kappa shape index (κ3) is 1.71. The van der Waals surface area contributed by atoms with Gasteiger partial charge in [0.2, 0.25) is 0 Å². The molecule has 0 heterocycles. The lowest BCUT2D eigenvalue weighted by Crippen LogP contribution is -1.99. The van der Waals surface area contributed by atoms with Gasteiger partial charge in [0.1, 0.15) is 0 Å². The van der Waals surface area contributed by atoms with E-state index in [0.29, 0.717) is 6.54 Å². The van der Waals surface area contributed by atoms with E-state index in [1.807, 2.05) is 12.1 Å². The molecule has 0 amide bonds. The minimum Gasteiger partial charge on any atom is -0.399 e. The fourth-order valence-electron chi connectivity index (χ4n) is 1.09. The molecule has 2 heteroatoms. The number of nitrogen functional groups attached to an aromatic ring is 1. The second-order valence-electron chi connectivity index (χ2n) is 2.59. The van der Waals surface area contributed by atoms with E-state index < -0.39 is 0 Å². The predicted molar refractivity (Wildman–Crippen MR) is 48.1 cm³/mol. The Bertz CT molecular complexity index is 243. The molecule has 1 rings (SSSR count). The fourth-order valence-corrected chi connectivity index (χ4v) is 1.09. The first-order valence-corrected chi connectivity index (χ1v) is 3.85. The molecular formula is C9H14N2. The molecule has 0 unspecified atom stereocenters. The monoisotopic (exact) mass is 150 g/mol. The second kappa shape index (κ2) is 3.39. The summed E-state index contributed by atoms with van der Waals surface area (Å²) < 4.78 is 0. The van der Waals surface area contributed by atoms with Crippen molar-refractivity contribution in [3.63, 3.8) is 0 Å². The number of anilines is 1.